The van der Waals surface area contributed by atoms with Gasteiger partial charge in [-0.2, -0.15) is 0 Å². The normalized spacial score (nSPS) is 14.3. The number of halogens is 6. The molecule has 0 spiro atoms. The fraction of sp³-hybridized carbons (Fsp3) is 0.741. The maximum atomic E-state index is 12.2. The molecule has 36 heavy (non-hydrogen) atoms. The summed E-state index contributed by atoms with van der Waals surface area (Å²) in [5, 5.41) is 0. The topological polar surface area (TPSA) is 17.1 Å². The number of ketones is 1. The predicted octanol–water partition coefficient (Wildman–Crippen LogP) is 10.5. The van der Waals surface area contributed by atoms with E-state index in [1.807, 2.05) is 30.3 Å². The van der Waals surface area contributed by atoms with Gasteiger partial charge in [0.2, 0.25) is 5.78 Å². The Morgan fingerprint density at radius 2 is 0.972 bits per heavy atom. The standard InChI is InChI=1S/C27H47OS.6FH.Sb/c1-3-4-5-6-7-8-9-10-11-12-13-14-15-16-17-21-24-29(2)25-27(28)26-22-19-18-20-23-26;;;;;;;/h18-20,22-23H,3-17,21,24-25H2,1-2H3;6*1H;/q+1;;;;;;;+5/p-6. The van der Waals surface area contributed by atoms with Crippen LogP contribution in [0, 0.1) is 0 Å². The van der Waals surface area contributed by atoms with Gasteiger partial charge < -0.3 is 0 Å². The predicted molar refractivity (Wildman–Crippen MR) is 146 cm³/mol. The third kappa shape index (κ3) is 31.7. The van der Waals surface area contributed by atoms with Gasteiger partial charge in [-0.3, -0.25) is 4.79 Å². The van der Waals surface area contributed by atoms with Crippen molar-refractivity contribution in [3.05, 3.63) is 35.9 Å². The molecule has 0 saturated carbocycles. The molecule has 0 aliphatic carbocycles. The van der Waals surface area contributed by atoms with Gasteiger partial charge in [0.05, 0.1) is 6.26 Å². The summed E-state index contributed by atoms with van der Waals surface area (Å²) in [6, 6.07) is 9.76. The van der Waals surface area contributed by atoms with E-state index in [-0.39, 0.29) is 10.9 Å². The van der Waals surface area contributed by atoms with Gasteiger partial charge in [0.15, 0.2) is 5.75 Å². The van der Waals surface area contributed by atoms with E-state index in [1.54, 1.807) is 0 Å². The maximum absolute atomic E-state index is 12.2. The molecule has 1 rings (SSSR count). The molecule has 0 saturated heterocycles. The monoisotopic (exact) mass is 654 g/mol. The van der Waals surface area contributed by atoms with Crippen LogP contribution in [-0.4, -0.2) is 43.0 Å². The molecule has 0 aliphatic rings. The second-order valence-electron chi connectivity index (χ2n) is 9.68. The van der Waals surface area contributed by atoms with Gasteiger partial charge in [0.1, 0.15) is 5.75 Å². The van der Waals surface area contributed by atoms with Crippen LogP contribution in [0.5, 0.6) is 0 Å². The van der Waals surface area contributed by atoms with Crippen molar-refractivity contribution in [1.82, 2.24) is 0 Å². The number of rotatable bonds is 20. The second kappa shape index (κ2) is 18.0. The van der Waals surface area contributed by atoms with Crippen LogP contribution >= 0.6 is 0 Å². The SMILES string of the molecule is CCCCCCCCCCCCCCCCCC[S+](C)CC(=O)c1ccccc1.[F][Sb-]([F])([F])([F])([F])[F]. The van der Waals surface area contributed by atoms with Crippen molar-refractivity contribution in [3.63, 3.8) is 0 Å². The van der Waals surface area contributed by atoms with Gasteiger partial charge in [-0.25, -0.2) is 0 Å². The molecule has 9 heteroatoms. The van der Waals surface area contributed by atoms with Gasteiger partial charge in [0.25, 0.3) is 0 Å². The molecule has 1 aromatic rings. The third-order valence-corrected chi connectivity index (χ3v) is 7.56. The first kappa shape index (κ1) is 35.6. The number of hydrogen-bond donors (Lipinski definition) is 0. The number of carbonyl (C=O) groups is 1. The first-order valence-electron chi connectivity index (χ1n) is 13.4. The van der Waals surface area contributed by atoms with Crippen LogP contribution in [0.4, 0.5) is 16.9 Å². The Morgan fingerprint density at radius 1 is 0.639 bits per heavy atom. The average molecular weight is 655 g/mol. The molecular formula is C27H47F6OSSb. The molecule has 1 nitrogen and oxygen atoms in total. The number of unbranched alkanes of at least 4 members (excludes halogenated alkanes) is 15. The minimum atomic E-state index is -11.2. The van der Waals surface area contributed by atoms with Crippen LogP contribution in [0.2, 0.25) is 0 Å². The molecule has 0 aliphatic heterocycles. The van der Waals surface area contributed by atoms with Crippen molar-refractivity contribution < 1.29 is 21.7 Å². The van der Waals surface area contributed by atoms with Gasteiger partial charge in [-0.1, -0.05) is 127 Å². The van der Waals surface area contributed by atoms with Crippen molar-refractivity contribution in [2.24, 2.45) is 0 Å². The van der Waals surface area contributed by atoms with Gasteiger partial charge in [-0.15, -0.1) is 0 Å². The first-order chi connectivity index (χ1) is 16.7. The van der Waals surface area contributed by atoms with E-state index in [4.69, 9.17) is 0 Å². The van der Waals surface area contributed by atoms with E-state index in [2.05, 4.69) is 13.2 Å². The Kier molecular flexibility index (Phi) is 17.8. The summed E-state index contributed by atoms with van der Waals surface area (Å²) in [7, 11) is 0.232. The Hall–Kier alpha value is -0.362. The third-order valence-electron chi connectivity index (χ3n) is 5.82. The Morgan fingerprint density at radius 3 is 1.33 bits per heavy atom. The fourth-order valence-corrected chi connectivity index (χ4v) is 5.36. The van der Waals surface area contributed by atoms with Crippen LogP contribution in [0.1, 0.15) is 120 Å². The Bertz CT molecular complexity index is 671. The summed E-state index contributed by atoms with van der Waals surface area (Å²) in [5.41, 5.74) is 0.874. The number of benzene rings is 1. The van der Waals surface area contributed by atoms with Crippen LogP contribution in [0.3, 0.4) is 0 Å². The Labute approximate surface area is 220 Å². The van der Waals surface area contributed by atoms with Crippen LogP contribution < -0.4 is 0 Å². The zero-order valence-corrected chi connectivity index (χ0v) is 25.5. The Balaban J connectivity index is 0.00000152. The van der Waals surface area contributed by atoms with Gasteiger partial charge in [-0.05, 0) is 23.7 Å². The molecule has 0 bridgehead atoms. The molecule has 214 valence electrons. The van der Waals surface area contributed by atoms with Crippen molar-refractivity contribution in [2.45, 2.75) is 110 Å². The molecular weight excluding hydrogens is 608 g/mol. The van der Waals surface area contributed by atoms with Crippen LogP contribution in [0.25, 0.3) is 0 Å². The van der Waals surface area contributed by atoms with Crippen LogP contribution in [-0.2, 0) is 10.9 Å². The minimum absolute atomic E-state index is 0.232. The number of carbonyl (C=O) groups excluding carboxylic acids is 1. The quantitative estimate of drug-likeness (QED) is 0.0449. The van der Waals surface area contributed by atoms with Gasteiger partial charge >= 0.3 is 36.4 Å². The van der Waals surface area contributed by atoms with E-state index < -0.39 is 19.5 Å². The molecule has 0 fully saturated rings. The van der Waals surface area contributed by atoms with Crippen molar-refractivity contribution >= 4 is 36.2 Å². The van der Waals surface area contributed by atoms with E-state index in [1.165, 1.54) is 108 Å². The molecule has 1 aromatic carbocycles. The molecule has 0 amide bonds. The first-order valence-corrected chi connectivity index (χ1v) is 21.2. The summed E-state index contributed by atoms with van der Waals surface area (Å²) < 4.78 is 59.6. The summed E-state index contributed by atoms with van der Waals surface area (Å²) >= 11 is -11.2. The van der Waals surface area contributed by atoms with Gasteiger partial charge in [0, 0.05) is 5.56 Å². The number of hydrogen-bond acceptors (Lipinski definition) is 1. The molecule has 0 aromatic heterocycles. The fourth-order valence-electron chi connectivity index (χ4n) is 3.90. The van der Waals surface area contributed by atoms with Crippen molar-refractivity contribution in [1.29, 1.82) is 0 Å². The van der Waals surface area contributed by atoms with E-state index in [9.17, 15) is 21.7 Å². The summed E-state index contributed by atoms with van der Waals surface area (Å²) in [5.74, 6) is 2.26. The van der Waals surface area contributed by atoms with E-state index in [0.29, 0.717) is 5.78 Å². The average Bonchev–Trinajstić information content (AvgIpc) is 2.77. The van der Waals surface area contributed by atoms with E-state index >= 15 is 0 Å². The van der Waals surface area contributed by atoms with E-state index in [0.717, 1.165) is 11.3 Å². The van der Waals surface area contributed by atoms with Crippen LogP contribution in [0.15, 0.2) is 30.3 Å². The molecule has 0 N–H and O–H groups in total. The molecule has 1 atom stereocenters. The summed E-state index contributed by atoms with van der Waals surface area (Å²) in [6.07, 6.45) is 24.9. The van der Waals surface area contributed by atoms with Crippen molar-refractivity contribution in [3.8, 4) is 0 Å². The molecule has 1 unspecified atom stereocenters. The summed E-state index contributed by atoms with van der Waals surface area (Å²) in [6.45, 7) is 2.29. The zero-order valence-electron chi connectivity index (χ0n) is 22.1. The zero-order chi connectivity index (χ0) is 27.4. The molecule has 0 heterocycles. The summed E-state index contributed by atoms with van der Waals surface area (Å²) in [4.78, 5) is 12.2. The number of Topliss-reactive ketones (excluding diaryl/α,β-unsaturated/α-hetero) is 1. The second-order valence-corrected chi connectivity index (χ2v) is 17.4. The molecule has 0 radical (unpaired) electrons. The van der Waals surface area contributed by atoms with Crippen molar-refractivity contribution in [2.75, 3.05) is 17.8 Å².